The van der Waals surface area contributed by atoms with Gasteiger partial charge in [0.25, 0.3) is 10.0 Å². The topological polar surface area (TPSA) is 63.4 Å². The van der Waals surface area contributed by atoms with Gasteiger partial charge in [-0.05, 0) is 35.9 Å². The van der Waals surface area contributed by atoms with E-state index in [2.05, 4.69) is 0 Å². The van der Waals surface area contributed by atoms with Crippen LogP contribution in [0.4, 0.5) is 5.69 Å². The van der Waals surface area contributed by atoms with Gasteiger partial charge < -0.3 is 5.73 Å². The van der Waals surface area contributed by atoms with Crippen LogP contribution in [-0.2, 0) is 16.6 Å². The lowest BCUT2D eigenvalue weighted by molar-refractivity contribution is 0.594. The van der Waals surface area contributed by atoms with Crippen LogP contribution in [0, 0.1) is 0 Å². The zero-order chi connectivity index (χ0) is 14.8. The molecule has 0 radical (unpaired) electrons. The van der Waals surface area contributed by atoms with E-state index in [1.807, 2.05) is 6.07 Å². The normalized spacial score (nSPS) is 11.3. The van der Waals surface area contributed by atoms with E-state index in [-0.39, 0.29) is 11.4 Å². The molecule has 2 N–H and O–H groups in total. The number of hydrogen-bond acceptors (Lipinski definition) is 3. The molecule has 0 heterocycles. The van der Waals surface area contributed by atoms with E-state index >= 15 is 0 Å². The van der Waals surface area contributed by atoms with Crippen molar-refractivity contribution in [3.05, 3.63) is 59.1 Å². The van der Waals surface area contributed by atoms with Gasteiger partial charge in [0.1, 0.15) is 0 Å². The number of nitrogens with two attached hydrogens (primary N) is 1. The van der Waals surface area contributed by atoms with Gasteiger partial charge in [-0.2, -0.15) is 0 Å². The summed E-state index contributed by atoms with van der Waals surface area (Å²) in [5.41, 5.74) is 6.76. The van der Waals surface area contributed by atoms with Crippen molar-refractivity contribution in [1.82, 2.24) is 0 Å². The number of sulfonamides is 1. The molecule has 4 nitrogen and oxygen atoms in total. The van der Waals surface area contributed by atoms with Crippen LogP contribution < -0.4 is 10.0 Å². The molecule has 0 aliphatic carbocycles. The number of benzene rings is 2. The fourth-order valence-electron chi connectivity index (χ4n) is 1.80. The third kappa shape index (κ3) is 2.80. The van der Waals surface area contributed by atoms with Gasteiger partial charge in [0.2, 0.25) is 0 Å². The summed E-state index contributed by atoms with van der Waals surface area (Å²) in [5, 5.41) is 0.466. The van der Waals surface area contributed by atoms with Gasteiger partial charge in [-0.3, -0.25) is 4.31 Å². The van der Waals surface area contributed by atoms with Crippen molar-refractivity contribution in [3.63, 3.8) is 0 Å². The molecule has 0 bridgehead atoms. The first-order valence-corrected chi connectivity index (χ1v) is 7.81. The molecule has 0 saturated heterocycles. The Morgan fingerprint density at radius 2 is 1.80 bits per heavy atom. The second-order valence-corrected chi connectivity index (χ2v) is 6.64. The van der Waals surface area contributed by atoms with E-state index in [0.29, 0.717) is 16.3 Å². The second-order valence-electron chi connectivity index (χ2n) is 4.27. The molecule has 0 atom stereocenters. The van der Waals surface area contributed by atoms with Crippen molar-refractivity contribution in [2.24, 2.45) is 5.73 Å². The summed E-state index contributed by atoms with van der Waals surface area (Å²) in [4.78, 5) is 0.175. The summed E-state index contributed by atoms with van der Waals surface area (Å²) in [6, 6.07) is 13.4. The van der Waals surface area contributed by atoms with Gasteiger partial charge in [-0.1, -0.05) is 29.8 Å². The molecule has 20 heavy (non-hydrogen) atoms. The monoisotopic (exact) mass is 310 g/mol. The van der Waals surface area contributed by atoms with Crippen molar-refractivity contribution in [3.8, 4) is 0 Å². The fraction of sp³-hybridized carbons (Fsp3) is 0.143. The maximum atomic E-state index is 12.6. The molecule has 0 fully saturated rings. The van der Waals surface area contributed by atoms with Crippen LogP contribution in [0.1, 0.15) is 5.56 Å². The zero-order valence-electron chi connectivity index (χ0n) is 11.0. The summed E-state index contributed by atoms with van der Waals surface area (Å²) in [7, 11) is -2.11. The summed E-state index contributed by atoms with van der Waals surface area (Å²) >= 11 is 5.95. The fourth-order valence-corrected chi connectivity index (χ4v) is 3.24. The van der Waals surface area contributed by atoms with Gasteiger partial charge in [-0.25, -0.2) is 8.42 Å². The average molecular weight is 311 g/mol. The predicted octanol–water partition coefficient (Wildman–Crippen LogP) is 2.62. The predicted molar refractivity (Wildman–Crippen MR) is 81.4 cm³/mol. The van der Waals surface area contributed by atoms with E-state index in [4.69, 9.17) is 17.3 Å². The van der Waals surface area contributed by atoms with Crippen LogP contribution in [0.5, 0.6) is 0 Å². The zero-order valence-corrected chi connectivity index (χ0v) is 12.5. The van der Waals surface area contributed by atoms with E-state index in [1.54, 1.807) is 30.3 Å². The minimum absolute atomic E-state index is 0.175. The van der Waals surface area contributed by atoms with E-state index in [9.17, 15) is 8.42 Å². The maximum Gasteiger partial charge on any atom is 0.264 e. The van der Waals surface area contributed by atoms with Crippen molar-refractivity contribution in [1.29, 1.82) is 0 Å². The standard InChI is InChI=1S/C14H15ClN2O2S/c1-17(12-5-3-2-4-6-12)20(18,19)13-7-8-14(15)11(9-13)10-16/h2-9H,10,16H2,1H3. The molecule has 0 amide bonds. The first-order valence-electron chi connectivity index (χ1n) is 5.99. The van der Waals surface area contributed by atoms with Crippen LogP contribution in [0.2, 0.25) is 5.02 Å². The quantitative estimate of drug-likeness (QED) is 0.944. The van der Waals surface area contributed by atoms with Crippen molar-refractivity contribution in [2.45, 2.75) is 11.4 Å². The van der Waals surface area contributed by atoms with E-state index < -0.39 is 10.0 Å². The molecule has 0 spiro atoms. The van der Waals surface area contributed by atoms with Crippen LogP contribution in [-0.4, -0.2) is 15.5 Å². The first kappa shape index (κ1) is 14.8. The van der Waals surface area contributed by atoms with Crippen LogP contribution in [0.25, 0.3) is 0 Å². The Morgan fingerprint density at radius 1 is 1.15 bits per heavy atom. The molecule has 0 aliphatic rings. The first-order chi connectivity index (χ1) is 9.46. The van der Waals surface area contributed by atoms with Crippen LogP contribution in [0.3, 0.4) is 0 Å². The SMILES string of the molecule is CN(c1ccccc1)S(=O)(=O)c1ccc(Cl)c(CN)c1. The minimum Gasteiger partial charge on any atom is -0.326 e. The smallest absolute Gasteiger partial charge is 0.264 e. The van der Waals surface area contributed by atoms with Crippen LogP contribution in [0.15, 0.2) is 53.4 Å². The van der Waals surface area contributed by atoms with Crippen molar-refractivity contribution >= 4 is 27.3 Å². The van der Waals surface area contributed by atoms with Crippen molar-refractivity contribution < 1.29 is 8.42 Å². The van der Waals surface area contributed by atoms with Gasteiger partial charge in [0.15, 0.2) is 0 Å². The summed E-state index contributed by atoms with van der Waals surface area (Å²) in [6.45, 7) is 0.192. The number of halogens is 1. The number of hydrogen-bond donors (Lipinski definition) is 1. The molecule has 0 saturated carbocycles. The highest BCUT2D eigenvalue weighted by atomic mass is 35.5. The minimum atomic E-state index is -3.62. The molecular weight excluding hydrogens is 296 g/mol. The molecule has 6 heteroatoms. The maximum absolute atomic E-state index is 12.6. The summed E-state index contributed by atoms with van der Waals surface area (Å²) in [5.74, 6) is 0. The third-order valence-corrected chi connectivity index (χ3v) is 5.17. The number of nitrogens with zero attached hydrogens (tertiary/aromatic N) is 1. The largest absolute Gasteiger partial charge is 0.326 e. The highest BCUT2D eigenvalue weighted by Gasteiger charge is 2.21. The van der Waals surface area contributed by atoms with Gasteiger partial charge in [0.05, 0.1) is 10.6 Å². The number of para-hydroxylation sites is 1. The Labute approximate surface area is 123 Å². The molecule has 0 unspecified atom stereocenters. The highest BCUT2D eigenvalue weighted by molar-refractivity contribution is 7.92. The Balaban J connectivity index is 2.45. The van der Waals surface area contributed by atoms with Gasteiger partial charge >= 0.3 is 0 Å². The number of anilines is 1. The lowest BCUT2D eigenvalue weighted by atomic mass is 10.2. The highest BCUT2D eigenvalue weighted by Crippen LogP contribution is 2.25. The Kier molecular flexibility index (Phi) is 4.32. The summed E-state index contributed by atoms with van der Waals surface area (Å²) in [6.07, 6.45) is 0. The second kappa shape index (κ2) is 5.83. The Hall–Kier alpha value is -1.56. The lowest BCUT2D eigenvalue weighted by Gasteiger charge is -2.20. The third-order valence-electron chi connectivity index (χ3n) is 3.02. The molecule has 0 aliphatic heterocycles. The van der Waals surface area contributed by atoms with Crippen molar-refractivity contribution in [2.75, 3.05) is 11.4 Å². The Morgan fingerprint density at radius 3 is 2.40 bits per heavy atom. The van der Waals surface area contributed by atoms with Gasteiger partial charge in [-0.15, -0.1) is 0 Å². The average Bonchev–Trinajstić information content (AvgIpc) is 2.47. The summed E-state index contributed by atoms with van der Waals surface area (Å²) < 4.78 is 26.3. The number of rotatable bonds is 4. The van der Waals surface area contributed by atoms with E-state index in [0.717, 1.165) is 0 Å². The molecule has 0 aromatic heterocycles. The Bertz CT molecular complexity index is 702. The molecule has 106 valence electrons. The molecular formula is C14H15ClN2O2S. The lowest BCUT2D eigenvalue weighted by Crippen LogP contribution is -2.26. The van der Waals surface area contributed by atoms with Crippen LogP contribution >= 0.6 is 11.6 Å². The van der Waals surface area contributed by atoms with Gasteiger partial charge in [0, 0.05) is 18.6 Å². The molecule has 2 rings (SSSR count). The molecule has 2 aromatic rings. The van der Waals surface area contributed by atoms with E-state index in [1.165, 1.54) is 23.5 Å². The molecule has 2 aromatic carbocycles.